The van der Waals surface area contributed by atoms with E-state index in [-0.39, 0.29) is 5.69 Å². The van der Waals surface area contributed by atoms with Crippen LogP contribution in [0.4, 0.5) is 0 Å². The van der Waals surface area contributed by atoms with Gasteiger partial charge in [0.2, 0.25) is 5.82 Å². The van der Waals surface area contributed by atoms with Gasteiger partial charge in [-0.25, -0.2) is 9.48 Å². The van der Waals surface area contributed by atoms with Crippen LogP contribution in [0.15, 0.2) is 53.3 Å². The van der Waals surface area contributed by atoms with Crippen molar-refractivity contribution in [1.82, 2.24) is 35.0 Å². The van der Waals surface area contributed by atoms with E-state index in [0.29, 0.717) is 24.8 Å². The molecular weight excluding hydrogens is 378 g/mol. The van der Waals surface area contributed by atoms with Gasteiger partial charge in [-0.2, -0.15) is 10.3 Å². The van der Waals surface area contributed by atoms with Crippen LogP contribution in [0.3, 0.4) is 0 Å². The molecule has 8 nitrogen and oxygen atoms in total. The molecule has 2 aromatic heterocycles. The number of hydrogen-bond acceptors (Lipinski definition) is 5. The molecule has 0 aliphatic heterocycles. The molecule has 0 bridgehead atoms. The summed E-state index contributed by atoms with van der Waals surface area (Å²) in [4.78, 5) is 12.7. The Balaban J connectivity index is 1.64. The van der Waals surface area contributed by atoms with E-state index in [4.69, 9.17) is 0 Å². The number of aryl methyl sites for hydroxylation is 1. The number of rotatable bonds is 7. The van der Waals surface area contributed by atoms with E-state index in [1.807, 2.05) is 31.2 Å². The zero-order chi connectivity index (χ0) is 21.1. The largest absolute Gasteiger partial charge is 0.346 e. The second-order valence-electron chi connectivity index (χ2n) is 7.68. The fourth-order valence-corrected chi connectivity index (χ4v) is 3.54. The third kappa shape index (κ3) is 3.94. The first-order chi connectivity index (χ1) is 14.6. The molecule has 8 heteroatoms. The van der Waals surface area contributed by atoms with Gasteiger partial charge < -0.3 is 0 Å². The Morgan fingerprint density at radius 1 is 1.03 bits per heavy atom. The van der Waals surface area contributed by atoms with Crippen molar-refractivity contribution in [2.75, 3.05) is 0 Å². The molecule has 4 rings (SSSR count). The minimum atomic E-state index is -0.0559. The average Bonchev–Trinajstić information content (AvgIpc) is 3.38. The number of H-pyrrole nitrogens is 1. The molecule has 30 heavy (non-hydrogen) atoms. The van der Waals surface area contributed by atoms with Gasteiger partial charge in [-0.15, -0.1) is 10.2 Å². The zero-order valence-corrected chi connectivity index (χ0v) is 17.4. The molecule has 4 aromatic rings. The van der Waals surface area contributed by atoms with E-state index in [1.54, 1.807) is 4.57 Å². The Hall–Kier alpha value is -3.55. The molecule has 0 unspecified atom stereocenters. The van der Waals surface area contributed by atoms with E-state index >= 15 is 0 Å². The summed E-state index contributed by atoms with van der Waals surface area (Å²) in [6, 6.07) is 16.2. The minimum absolute atomic E-state index is 0.0559. The van der Waals surface area contributed by atoms with Gasteiger partial charge in [-0.3, -0.25) is 4.57 Å². The van der Waals surface area contributed by atoms with Crippen LogP contribution in [-0.4, -0.2) is 35.0 Å². The van der Waals surface area contributed by atoms with Crippen molar-refractivity contribution < 1.29 is 0 Å². The summed E-state index contributed by atoms with van der Waals surface area (Å²) < 4.78 is 3.32. The van der Waals surface area contributed by atoms with Crippen LogP contribution in [0.25, 0.3) is 22.5 Å². The number of aromatic amines is 1. The zero-order valence-electron chi connectivity index (χ0n) is 17.4. The van der Waals surface area contributed by atoms with Gasteiger partial charge in [0.05, 0.1) is 6.54 Å². The van der Waals surface area contributed by atoms with Gasteiger partial charge >= 0.3 is 5.69 Å². The fourth-order valence-electron chi connectivity index (χ4n) is 3.54. The van der Waals surface area contributed by atoms with Gasteiger partial charge in [-0.05, 0) is 34.7 Å². The van der Waals surface area contributed by atoms with Crippen molar-refractivity contribution in [2.24, 2.45) is 5.92 Å². The van der Waals surface area contributed by atoms with E-state index < -0.39 is 0 Å². The standard InChI is InChI=1S/C22H25N7O/c1-4-29-22(30)28(20(25-29)13-15(2)3)14-16-9-11-17(12-10-16)18-7-5-6-8-19(18)21-23-26-27-24-21/h5-12,15H,4,13-14H2,1-3H3,(H,23,24,26,27). The first-order valence-electron chi connectivity index (χ1n) is 10.2. The molecule has 0 atom stereocenters. The van der Waals surface area contributed by atoms with Crippen molar-refractivity contribution >= 4 is 0 Å². The van der Waals surface area contributed by atoms with Gasteiger partial charge in [0.15, 0.2) is 0 Å². The molecule has 2 aromatic carbocycles. The summed E-state index contributed by atoms with van der Waals surface area (Å²) in [6.07, 6.45) is 0.776. The lowest BCUT2D eigenvalue weighted by Gasteiger charge is -2.10. The third-order valence-corrected chi connectivity index (χ3v) is 5.01. The van der Waals surface area contributed by atoms with E-state index in [1.165, 1.54) is 4.68 Å². The molecular formula is C22H25N7O. The highest BCUT2D eigenvalue weighted by molar-refractivity contribution is 5.80. The Kier molecular flexibility index (Phi) is 5.56. The topological polar surface area (TPSA) is 94.3 Å². The fraction of sp³-hybridized carbons (Fsp3) is 0.318. The molecule has 0 fully saturated rings. The summed E-state index contributed by atoms with van der Waals surface area (Å²) in [5.41, 5.74) is 4.00. The third-order valence-electron chi connectivity index (χ3n) is 5.01. The number of tetrazole rings is 1. The van der Waals surface area contributed by atoms with Crippen LogP contribution in [-0.2, 0) is 19.5 Å². The van der Waals surface area contributed by atoms with Crippen molar-refractivity contribution in [3.63, 3.8) is 0 Å². The molecule has 0 aliphatic carbocycles. The maximum Gasteiger partial charge on any atom is 0.346 e. The van der Waals surface area contributed by atoms with Crippen molar-refractivity contribution in [1.29, 1.82) is 0 Å². The summed E-state index contributed by atoms with van der Waals surface area (Å²) >= 11 is 0. The van der Waals surface area contributed by atoms with Crippen LogP contribution in [0.2, 0.25) is 0 Å². The van der Waals surface area contributed by atoms with Crippen LogP contribution < -0.4 is 5.69 Å². The number of aromatic nitrogens is 7. The average molecular weight is 403 g/mol. The predicted octanol–water partition coefficient (Wildman–Crippen LogP) is 3.16. The number of nitrogens with one attached hydrogen (secondary N) is 1. The normalized spacial score (nSPS) is 11.3. The lowest BCUT2D eigenvalue weighted by atomic mass is 9.98. The van der Waals surface area contributed by atoms with Gasteiger partial charge in [0, 0.05) is 18.5 Å². The Bertz CT molecular complexity index is 1170. The van der Waals surface area contributed by atoms with Crippen LogP contribution in [0, 0.1) is 5.92 Å². The molecule has 154 valence electrons. The number of nitrogens with zero attached hydrogens (tertiary/aromatic N) is 6. The Morgan fingerprint density at radius 3 is 2.40 bits per heavy atom. The molecule has 2 heterocycles. The molecule has 0 radical (unpaired) electrons. The molecule has 0 saturated heterocycles. The molecule has 1 N–H and O–H groups in total. The Morgan fingerprint density at radius 2 is 1.77 bits per heavy atom. The first-order valence-corrected chi connectivity index (χ1v) is 10.2. The summed E-state index contributed by atoms with van der Waals surface area (Å²) in [5.74, 6) is 1.83. The summed E-state index contributed by atoms with van der Waals surface area (Å²) in [6.45, 7) is 7.29. The van der Waals surface area contributed by atoms with Crippen molar-refractivity contribution in [3.8, 4) is 22.5 Å². The highest BCUT2D eigenvalue weighted by Crippen LogP contribution is 2.29. The number of hydrogen-bond donors (Lipinski definition) is 1. The smallest absolute Gasteiger partial charge is 0.274 e. The number of benzene rings is 2. The maximum absolute atomic E-state index is 12.7. The van der Waals surface area contributed by atoms with Crippen LogP contribution in [0.5, 0.6) is 0 Å². The molecule has 0 saturated carbocycles. The van der Waals surface area contributed by atoms with E-state index in [2.05, 4.69) is 63.8 Å². The lowest BCUT2D eigenvalue weighted by Crippen LogP contribution is -2.25. The van der Waals surface area contributed by atoms with Crippen molar-refractivity contribution in [3.05, 3.63) is 70.4 Å². The summed E-state index contributed by atoms with van der Waals surface area (Å²) in [5, 5.41) is 18.9. The second kappa shape index (κ2) is 8.44. The first kappa shape index (κ1) is 19.8. The Labute approximate surface area is 174 Å². The predicted molar refractivity (Wildman–Crippen MR) is 115 cm³/mol. The van der Waals surface area contributed by atoms with Gasteiger partial charge in [-0.1, -0.05) is 62.4 Å². The highest BCUT2D eigenvalue weighted by Gasteiger charge is 2.15. The van der Waals surface area contributed by atoms with Gasteiger partial charge in [0.25, 0.3) is 0 Å². The SMILES string of the molecule is CCn1nc(CC(C)C)n(Cc2ccc(-c3ccccc3-c3nn[nH]n3)cc2)c1=O. The lowest BCUT2D eigenvalue weighted by molar-refractivity contribution is 0.581. The van der Waals surface area contributed by atoms with E-state index in [9.17, 15) is 4.79 Å². The monoisotopic (exact) mass is 403 g/mol. The van der Waals surface area contributed by atoms with Gasteiger partial charge in [0.1, 0.15) is 5.82 Å². The molecule has 0 spiro atoms. The highest BCUT2D eigenvalue weighted by atomic mass is 16.2. The quantitative estimate of drug-likeness (QED) is 0.511. The molecule has 0 amide bonds. The minimum Gasteiger partial charge on any atom is -0.274 e. The maximum atomic E-state index is 12.7. The van der Waals surface area contributed by atoms with E-state index in [0.717, 1.165) is 34.5 Å². The van der Waals surface area contributed by atoms with Crippen molar-refractivity contribution in [2.45, 2.75) is 40.3 Å². The molecule has 0 aliphatic rings. The van der Waals surface area contributed by atoms with Crippen LogP contribution >= 0.6 is 0 Å². The summed E-state index contributed by atoms with van der Waals surface area (Å²) in [7, 11) is 0. The second-order valence-corrected chi connectivity index (χ2v) is 7.68. The van der Waals surface area contributed by atoms with Crippen LogP contribution in [0.1, 0.15) is 32.2 Å².